The zero-order chi connectivity index (χ0) is 22.3. The van der Waals surface area contributed by atoms with Crippen LogP contribution in [0.2, 0.25) is 0 Å². The lowest BCUT2D eigenvalue weighted by atomic mass is 9.89. The topological polar surface area (TPSA) is 17.1 Å². The van der Waals surface area contributed by atoms with Crippen LogP contribution in [0.3, 0.4) is 0 Å². The van der Waals surface area contributed by atoms with Gasteiger partial charge in [-0.3, -0.25) is 4.79 Å². The Morgan fingerprint density at radius 2 is 1.03 bits per heavy atom. The summed E-state index contributed by atoms with van der Waals surface area (Å²) in [6.45, 7) is 13.3. The highest BCUT2D eigenvalue weighted by Crippen LogP contribution is 2.47. The molecule has 0 unspecified atom stereocenters. The molecular weight excluding hydrogens is 395 g/mol. The zero-order valence-electron chi connectivity index (χ0n) is 19.7. The Kier molecular flexibility index (Phi) is 6.18. The summed E-state index contributed by atoms with van der Waals surface area (Å²) in [5.74, 6) is 0.433. The predicted molar refractivity (Wildman–Crippen MR) is 136 cm³/mol. The molecular formula is C29H33OP. The van der Waals surface area contributed by atoms with Crippen molar-refractivity contribution < 1.29 is 4.79 Å². The summed E-state index contributed by atoms with van der Waals surface area (Å²) >= 11 is 0. The van der Waals surface area contributed by atoms with Gasteiger partial charge in [0, 0.05) is 12.8 Å². The summed E-state index contributed by atoms with van der Waals surface area (Å²) in [5.41, 5.74) is 13.5. The molecule has 1 fully saturated rings. The summed E-state index contributed by atoms with van der Waals surface area (Å²) in [4.78, 5) is 12.1. The van der Waals surface area contributed by atoms with Crippen molar-refractivity contribution in [2.75, 3.05) is 12.3 Å². The highest BCUT2D eigenvalue weighted by atomic mass is 31.1. The first kappa shape index (κ1) is 22.0. The number of rotatable bonds is 3. The number of carbonyl (C=O) groups is 1. The normalized spacial score (nSPS) is 14.8. The second-order valence-corrected chi connectivity index (χ2v) is 11.7. The van der Waals surface area contributed by atoms with E-state index in [9.17, 15) is 4.79 Å². The molecule has 0 radical (unpaired) electrons. The van der Waals surface area contributed by atoms with Gasteiger partial charge in [-0.1, -0.05) is 61.5 Å². The second kappa shape index (κ2) is 8.71. The Morgan fingerprint density at radius 3 is 1.42 bits per heavy atom. The summed E-state index contributed by atoms with van der Waals surface area (Å²) in [5, 5.41) is 1.51. The van der Waals surface area contributed by atoms with E-state index in [1.165, 1.54) is 60.9 Å². The van der Waals surface area contributed by atoms with Gasteiger partial charge in [0.05, 0.1) is 0 Å². The van der Waals surface area contributed by atoms with Crippen LogP contribution < -0.4 is 5.30 Å². The van der Waals surface area contributed by atoms with E-state index in [-0.39, 0.29) is 7.92 Å². The molecule has 0 aliphatic carbocycles. The molecule has 1 aliphatic rings. The highest BCUT2D eigenvalue weighted by Gasteiger charge is 2.27. The molecule has 1 nitrogen and oxygen atoms in total. The Morgan fingerprint density at radius 1 is 0.645 bits per heavy atom. The van der Waals surface area contributed by atoms with Gasteiger partial charge in [0.25, 0.3) is 0 Å². The number of carbonyl (C=O) groups excluding carboxylic acids is 1. The van der Waals surface area contributed by atoms with Crippen LogP contribution in [0.25, 0.3) is 22.3 Å². The first-order chi connectivity index (χ1) is 14.8. The lowest BCUT2D eigenvalue weighted by Crippen LogP contribution is -2.20. The van der Waals surface area contributed by atoms with Crippen LogP contribution in [0.15, 0.2) is 42.5 Å². The standard InChI is InChI=1S/C29H33OP/c1-18-14-20(3)27(21(4)15-18)25-8-7-9-26(28-22(5)16-19(2)17-23(28)6)29(25)31-12-10-24(30)11-13-31/h7-9,14-17H,10-13H2,1-6H3. The number of ketones is 1. The number of hydrogen-bond acceptors (Lipinski definition) is 1. The lowest BCUT2D eigenvalue weighted by Gasteiger charge is -2.29. The third kappa shape index (κ3) is 4.26. The Balaban J connectivity index is 2.02. The van der Waals surface area contributed by atoms with Gasteiger partial charge in [0.1, 0.15) is 5.78 Å². The minimum Gasteiger partial charge on any atom is -0.300 e. The van der Waals surface area contributed by atoms with Crippen molar-refractivity contribution in [2.24, 2.45) is 0 Å². The minimum absolute atomic E-state index is 0.368. The van der Waals surface area contributed by atoms with E-state index in [1.54, 1.807) is 0 Å². The average molecular weight is 429 g/mol. The van der Waals surface area contributed by atoms with Crippen molar-refractivity contribution in [3.8, 4) is 22.3 Å². The van der Waals surface area contributed by atoms with Crippen LogP contribution in [-0.2, 0) is 4.79 Å². The number of Topliss-reactive ketones (excluding diaryl/α,β-unsaturated/α-hetero) is 1. The summed E-state index contributed by atoms with van der Waals surface area (Å²) in [6, 6.07) is 16.1. The predicted octanol–water partition coefficient (Wildman–Crippen LogP) is 7.34. The zero-order valence-corrected chi connectivity index (χ0v) is 20.6. The second-order valence-electron chi connectivity index (χ2n) is 9.27. The van der Waals surface area contributed by atoms with Gasteiger partial charge in [-0.25, -0.2) is 0 Å². The molecule has 0 saturated carbocycles. The van der Waals surface area contributed by atoms with E-state index in [4.69, 9.17) is 0 Å². The maximum atomic E-state index is 12.1. The van der Waals surface area contributed by atoms with E-state index < -0.39 is 0 Å². The average Bonchev–Trinajstić information content (AvgIpc) is 2.67. The molecule has 1 saturated heterocycles. The van der Waals surface area contributed by atoms with Gasteiger partial charge in [-0.2, -0.15) is 0 Å². The smallest absolute Gasteiger partial charge is 0.133 e. The van der Waals surface area contributed by atoms with E-state index >= 15 is 0 Å². The maximum absolute atomic E-state index is 12.1. The molecule has 3 aromatic rings. The molecule has 1 heterocycles. The molecule has 2 heteroatoms. The van der Waals surface area contributed by atoms with Crippen molar-refractivity contribution >= 4 is 19.0 Å². The van der Waals surface area contributed by atoms with E-state index in [1.807, 2.05) is 0 Å². The maximum Gasteiger partial charge on any atom is 0.133 e. The molecule has 1 aliphatic heterocycles. The molecule has 31 heavy (non-hydrogen) atoms. The van der Waals surface area contributed by atoms with Gasteiger partial charge in [0.15, 0.2) is 0 Å². The highest BCUT2D eigenvalue weighted by molar-refractivity contribution is 7.66. The Bertz CT molecular complexity index is 1040. The third-order valence-electron chi connectivity index (χ3n) is 6.57. The van der Waals surface area contributed by atoms with Crippen LogP contribution in [-0.4, -0.2) is 18.1 Å². The SMILES string of the molecule is Cc1cc(C)c(-c2cccc(-c3c(C)cc(C)cc3C)c2P2CCC(=O)CC2)c(C)c1. The Labute approximate surface area is 188 Å². The number of benzene rings is 3. The van der Waals surface area contributed by atoms with Gasteiger partial charge in [-0.05, 0) is 104 Å². The quantitative estimate of drug-likeness (QED) is 0.399. The summed E-state index contributed by atoms with van der Waals surface area (Å²) in [6.07, 6.45) is 3.51. The third-order valence-corrected chi connectivity index (χ3v) is 9.21. The van der Waals surface area contributed by atoms with E-state index in [2.05, 4.69) is 84.0 Å². The van der Waals surface area contributed by atoms with Gasteiger partial charge in [0.2, 0.25) is 0 Å². The fourth-order valence-corrected chi connectivity index (χ4v) is 8.24. The van der Waals surface area contributed by atoms with Crippen LogP contribution in [0, 0.1) is 41.5 Å². The molecule has 0 aromatic heterocycles. The van der Waals surface area contributed by atoms with Crippen LogP contribution >= 0.6 is 7.92 Å². The molecule has 0 N–H and O–H groups in total. The number of aryl methyl sites for hydroxylation is 6. The fourth-order valence-electron chi connectivity index (χ4n) is 5.48. The molecule has 0 spiro atoms. The minimum atomic E-state index is -0.368. The molecule has 0 atom stereocenters. The van der Waals surface area contributed by atoms with E-state index in [0.717, 1.165) is 25.2 Å². The van der Waals surface area contributed by atoms with E-state index in [0.29, 0.717) is 5.78 Å². The summed E-state index contributed by atoms with van der Waals surface area (Å²) < 4.78 is 0. The first-order valence-corrected chi connectivity index (χ1v) is 13.0. The number of hydrogen-bond donors (Lipinski definition) is 0. The van der Waals surface area contributed by atoms with Gasteiger partial charge < -0.3 is 0 Å². The first-order valence-electron chi connectivity index (χ1n) is 11.3. The monoisotopic (exact) mass is 428 g/mol. The van der Waals surface area contributed by atoms with Crippen LogP contribution in [0.5, 0.6) is 0 Å². The van der Waals surface area contributed by atoms with Crippen LogP contribution in [0.1, 0.15) is 46.2 Å². The molecule has 0 bridgehead atoms. The molecule has 4 rings (SSSR count). The van der Waals surface area contributed by atoms with Crippen molar-refractivity contribution in [3.05, 3.63) is 75.8 Å². The van der Waals surface area contributed by atoms with Crippen LogP contribution in [0.4, 0.5) is 0 Å². The molecule has 0 amide bonds. The Hall–Kier alpha value is -2.24. The van der Waals surface area contributed by atoms with Crippen molar-refractivity contribution in [3.63, 3.8) is 0 Å². The van der Waals surface area contributed by atoms with Crippen molar-refractivity contribution in [1.29, 1.82) is 0 Å². The van der Waals surface area contributed by atoms with Gasteiger partial charge in [-0.15, -0.1) is 0 Å². The van der Waals surface area contributed by atoms with Gasteiger partial charge >= 0.3 is 0 Å². The lowest BCUT2D eigenvalue weighted by molar-refractivity contribution is -0.118. The largest absolute Gasteiger partial charge is 0.300 e. The van der Waals surface area contributed by atoms with Crippen molar-refractivity contribution in [2.45, 2.75) is 54.4 Å². The summed E-state index contributed by atoms with van der Waals surface area (Å²) in [7, 11) is -0.368. The van der Waals surface area contributed by atoms with Crippen molar-refractivity contribution in [1.82, 2.24) is 0 Å². The molecule has 160 valence electrons. The molecule has 3 aromatic carbocycles. The fraction of sp³-hybridized carbons (Fsp3) is 0.345.